The molecule has 2 heterocycles. The summed E-state index contributed by atoms with van der Waals surface area (Å²) in [6.45, 7) is 19.7. The van der Waals surface area contributed by atoms with Crippen LogP contribution >= 0.6 is 0 Å². The van der Waals surface area contributed by atoms with Crippen molar-refractivity contribution in [1.82, 2.24) is 20.0 Å². The van der Waals surface area contributed by atoms with Gasteiger partial charge in [0.15, 0.2) is 0 Å². The molecule has 2 aliphatic rings. The fraction of sp³-hybridized carbons (Fsp3) is 0.926. The zero-order valence-electron chi connectivity index (χ0n) is 23.0. The summed E-state index contributed by atoms with van der Waals surface area (Å²) >= 11 is 0. The van der Waals surface area contributed by atoms with E-state index in [1.165, 1.54) is 0 Å². The summed E-state index contributed by atoms with van der Waals surface area (Å²) in [7, 11) is 2.20. The van der Waals surface area contributed by atoms with Crippen LogP contribution < -0.4 is 5.32 Å². The van der Waals surface area contributed by atoms with Crippen LogP contribution in [0.4, 0.5) is 0 Å². The van der Waals surface area contributed by atoms with Gasteiger partial charge in [-0.2, -0.15) is 0 Å². The number of rotatable bonds is 11. The minimum Gasteiger partial charge on any atom is -0.342 e. The van der Waals surface area contributed by atoms with Crippen molar-refractivity contribution < 1.29 is 9.59 Å². The summed E-state index contributed by atoms with van der Waals surface area (Å²) in [4.78, 5) is 30.3. The smallest absolute Gasteiger partial charge is 0.209 e. The highest BCUT2D eigenvalue weighted by molar-refractivity contribution is 5.48. The number of unbranched alkanes of at least 4 members (excludes halogenated alkanes) is 3. The van der Waals surface area contributed by atoms with E-state index in [1.54, 1.807) is 0 Å². The summed E-state index contributed by atoms with van der Waals surface area (Å²) in [5.41, 5.74) is 0.263. The highest BCUT2D eigenvalue weighted by Gasteiger charge is 2.44. The predicted octanol–water partition coefficient (Wildman–Crippen LogP) is 4.42. The van der Waals surface area contributed by atoms with Crippen LogP contribution in [0.2, 0.25) is 0 Å². The maximum atomic E-state index is 11.9. The second kappa shape index (κ2) is 10.6. The first-order valence-electron chi connectivity index (χ1n) is 13.1. The van der Waals surface area contributed by atoms with Crippen LogP contribution in [-0.2, 0) is 9.59 Å². The first kappa shape index (κ1) is 28.1. The van der Waals surface area contributed by atoms with E-state index in [9.17, 15) is 9.59 Å². The third kappa shape index (κ3) is 7.68. The third-order valence-corrected chi connectivity index (χ3v) is 8.25. The van der Waals surface area contributed by atoms with Gasteiger partial charge in [-0.1, -0.05) is 12.8 Å². The molecule has 0 aromatic rings. The Morgan fingerprint density at radius 2 is 1.06 bits per heavy atom. The first-order valence-corrected chi connectivity index (χ1v) is 13.1. The summed E-state index contributed by atoms with van der Waals surface area (Å²) in [5, 5.41) is 3.70. The van der Waals surface area contributed by atoms with E-state index in [0.29, 0.717) is 12.1 Å². The average Bonchev–Trinajstić information content (AvgIpc) is 2.65. The normalized spacial score (nSPS) is 24.9. The van der Waals surface area contributed by atoms with E-state index in [0.717, 1.165) is 77.3 Å². The second-order valence-electron chi connectivity index (χ2n) is 13.3. The van der Waals surface area contributed by atoms with Gasteiger partial charge in [0.2, 0.25) is 12.8 Å². The van der Waals surface area contributed by atoms with Gasteiger partial charge in [-0.25, -0.2) is 0 Å². The van der Waals surface area contributed by atoms with Crippen molar-refractivity contribution in [3.8, 4) is 0 Å². The van der Waals surface area contributed by atoms with Gasteiger partial charge in [0, 0.05) is 47.3 Å². The van der Waals surface area contributed by atoms with Gasteiger partial charge in [-0.05, 0) is 101 Å². The Labute approximate surface area is 203 Å². The topological polar surface area (TPSA) is 55.9 Å². The minimum atomic E-state index is 0.0447. The molecule has 0 unspecified atom stereocenters. The van der Waals surface area contributed by atoms with Crippen LogP contribution in [0.15, 0.2) is 0 Å². The Balaban J connectivity index is 1.77. The number of likely N-dealkylation sites (tertiary alicyclic amines) is 1. The molecule has 192 valence electrons. The molecule has 0 spiro atoms. The lowest BCUT2D eigenvalue weighted by atomic mass is 9.77. The number of nitrogens with zero attached hydrogens (tertiary/aromatic N) is 3. The molecule has 0 aliphatic carbocycles. The van der Waals surface area contributed by atoms with Gasteiger partial charge >= 0.3 is 0 Å². The SMILES string of the molecule is CN1C(C)(C)CC(N(C=O)CCCCCCN(C=O)C2CC(C)(C)NC(C)(C)C2)CC1(C)C. The molecule has 2 amide bonds. The molecule has 2 aliphatic heterocycles. The van der Waals surface area contributed by atoms with E-state index in [2.05, 4.69) is 72.7 Å². The summed E-state index contributed by atoms with van der Waals surface area (Å²) in [6.07, 6.45) is 10.4. The van der Waals surface area contributed by atoms with Crippen molar-refractivity contribution in [3.05, 3.63) is 0 Å². The second-order valence-corrected chi connectivity index (χ2v) is 13.3. The van der Waals surface area contributed by atoms with Gasteiger partial charge in [-0.3, -0.25) is 14.5 Å². The first-order chi connectivity index (χ1) is 15.1. The van der Waals surface area contributed by atoms with Gasteiger partial charge in [-0.15, -0.1) is 0 Å². The lowest BCUT2D eigenvalue weighted by molar-refractivity contribution is -0.125. The molecule has 0 aromatic carbocycles. The largest absolute Gasteiger partial charge is 0.342 e. The highest BCUT2D eigenvalue weighted by atomic mass is 16.1. The van der Waals surface area contributed by atoms with Gasteiger partial charge in [0.1, 0.15) is 0 Å². The quantitative estimate of drug-likeness (QED) is 0.363. The Morgan fingerprint density at radius 3 is 1.42 bits per heavy atom. The molecule has 2 rings (SSSR count). The van der Waals surface area contributed by atoms with Crippen molar-refractivity contribution in [2.75, 3.05) is 20.1 Å². The minimum absolute atomic E-state index is 0.0447. The molecule has 33 heavy (non-hydrogen) atoms. The van der Waals surface area contributed by atoms with E-state index >= 15 is 0 Å². The Hall–Kier alpha value is -1.14. The Bertz CT molecular complexity index is 625. The molecule has 0 aromatic heterocycles. The molecule has 0 bridgehead atoms. The molecule has 0 radical (unpaired) electrons. The molecule has 1 N–H and O–H groups in total. The van der Waals surface area contributed by atoms with Crippen LogP contribution in [-0.4, -0.2) is 81.9 Å². The third-order valence-electron chi connectivity index (χ3n) is 8.25. The molecule has 2 fully saturated rings. The van der Waals surface area contributed by atoms with E-state index < -0.39 is 0 Å². The van der Waals surface area contributed by atoms with Crippen molar-refractivity contribution in [2.24, 2.45) is 0 Å². The highest BCUT2D eigenvalue weighted by Crippen LogP contribution is 2.38. The predicted molar refractivity (Wildman–Crippen MR) is 137 cm³/mol. The lowest BCUT2D eigenvalue weighted by Crippen LogP contribution is -2.62. The van der Waals surface area contributed by atoms with Crippen LogP contribution in [0.25, 0.3) is 0 Å². The average molecular weight is 465 g/mol. The molecule has 6 heteroatoms. The van der Waals surface area contributed by atoms with E-state index in [1.807, 2.05) is 9.80 Å². The fourth-order valence-corrected chi connectivity index (χ4v) is 6.64. The van der Waals surface area contributed by atoms with E-state index in [-0.39, 0.29) is 22.2 Å². The summed E-state index contributed by atoms with van der Waals surface area (Å²) in [6, 6.07) is 0.608. The van der Waals surface area contributed by atoms with Crippen LogP contribution in [0.3, 0.4) is 0 Å². The monoisotopic (exact) mass is 464 g/mol. The summed E-state index contributed by atoms with van der Waals surface area (Å²) in [5.74, 6) is 0. The number of carbonyl (C=O) groups is 2. The molecular weight excluding hydrogens is 412 g/mol. The zero-order valence-corrected chi connectivity index (χ0v) is 23.0. The van der Waals surface area contributed by atoms with Gasteiger partial charge in [0.05, 0.1) is 0 Å². The molecule has 0 atom stereocenters. The molecular formula is C27H52N4O2. The number of hydrogen-bond donors (Lipinski definition) is 1. The number of carbonyl (C=O) groups excluding carboxylic acids is 2. The van der Waals surface area contributed by atoms with Crippen molar-refractivity contribution in [3.63, 3.8) is 0 Å². The Kier molecular flexibility index (Phi) is 9.06. The number of hydrogen-bond acceptors (Lipinski definition) is 4. The van der Waals surface area contributed by atoms with Crippen molar-refractivity contribution >= 4 is 12.8 Å². The van der Waals surface area contributed by atoms with Gasteiger partial charge < -0.3 is 15.1 Å². The van der Waals surface area contributed by atoms with Crippen LogP contribution in [0, 0.1) is 0 Å². The van der Waals surface area contributed by atoms with Crippen molar-refractivity contribution in [2.45, 2.75) is 141 Å². The molecule has 6 nitrogen and oxygen atoms in total. The molecule has 0 saturated carbocycles. The van der Waals surface area contributed by atoms with Crippen LogP contribution in [0.1, 0.15) is 107 Å². The van der Waals surface area contributed by atoms with Crippen molar-refractivity contribution in [1.29, 1.82) is 0 Å². The fourth-order valence-electron chi connectivity index (χ4n) is 6.64. The number of nitrogens with one attached hydrogen (secondary N) is 1. The standard InChI is InChI=1S/C27H52N4O2/c1-24(2)16-22(17-25(3,4)28-24)30(20-32)14-12-10-11-13-15-31(21-33)23-18-26(5,6)29(9)27(7,8)19-23/h20-23,28H,10-19H2,1-9H3. The molecule has 2 saturated heterocycles. The maximum Gasteiger partial charge on any atom is 0.209 e. The Morgan fingerprint density at radius 1 is 0.697 bits per heavy atom. The summed E-state index contributed by atoms with van der Waals surface area (Å²) < 4.78 is 0. The van der Waals surface area contributed by atoms with Crippen LogP contribution in [0.5, 0.6) is 0 Å². The zero-order chi connectivity index (χ0) is 25.1. The number of amides is 2. The lowest BCUT2D eigenvalue weighted by Gasteiger charge is -2.55. The maximum absolute atomic E-state index is 11.9. The van der Waals surface area contributed by atoms with E-state index in [4.69, 9.17) is 0 Å². The number of piperidine rings is 2. The van der Waals surface area contributed by atoms with Gasteiger partial charge in [0.25, 0.3) is 0 Å².